The largest absolute Gasteiger partial charge is 0.493 e. The van der Waals surface area contributed by atoms with E-state index >= 15 is 0 Å². The van der Waals surface area contributed by atoms with Gasteiger partial charge < -0.3 is 14.8 Å². The van der Waals surface area contributed by atoms with Crippen molar-refractivity contribution in [2.24, 2.45) is 0 Å². The van der Waals surface area contributed by atoms with Gasteiger partial charge in [-0.25, -0.2) is 0 Å². The van der Waals surface area contributed by atoms with Crippen LogP contribution in [0.25, 0.3) is 0 Å². The molecule has 0 atom stereocenters. The first-order valence-corrected chi connectivity index (χ1v) is 11.0. The van der Waals surface area contributed by atoms with Gasteiger partial charge in [-0.3, -0.25) is 4.79 Å². The standard InChI is InChI=1S/C25H26BrNO3/c1-2-3-15-30-24-13-12-20(17-23(24)26)25(28)27-21-10-7-11-22(18-21)29-16-14-19-8-5-4-6-9-19/h4-13,17-18H,2-3,14-16H2,1H3,(H,27,28). The van der Waals surface area contributed by atoms with Crippen molar-refractivity contribution in [2.45, 2.75) is 26.2 Å². The molecule has 156 valence electrons. The third-order valence-corrected chi connectivity index (χ3v) is 5.16. The lowest BCUT2D eigenvalue weighted by Crippen LogP contribution is -2.12. The fourth-order valence-corrected chi connectivity index (χ4v) is 3.38. The summed E-state index contributed by atoms with van der Waals surface area (Å²) in [6.45, 7) is 3.36. The molecule has 0 bridgehead atoms. The molecular formula is C25H26BrNO3. The minimum absolute atomic E-state index is 0.183. The number of nitrogens with one attached hydrogen (secondary N) is 1. The highest BCUT2D eigenvalue weighted by atomic mass is 79.9. The van der Waals surface area contributed by atoms with Gasteiger partial charge >= 0.3 is 0 Å². The molecule has 0 spiro atoms. The lowest BCUT2D eigenvalue weighted by Gasteiger charge is -2.11. The molecule has 0 unspecified atom stereocenters. The van der Waals surface area contributed by atoms with Crippen LogP contribution >= 0.6 is 15.9 Å². The zero-order chi connectivity index (χ0) is 21.2. The number of halogens is 1. The van der Waals surface area contributed by atoms with E-state index in [4.69, 9.17) is 9.47 Å². The molecule has 4 nitrogen and oxygen atoms in total. The average molecular weight is 468 g/mol. The second-order valence-electron chi connectivity index (χ2n) is 6.91. The molecular weight excluding hydrogens is 442 g/mol. The summed E-state index contributed by atoms with van der Waals surface area (Å²) in [5, 5.41) is 2.93. The van der Waals surface area contributed by atoms with Crippen LogP contribution in [0.2, 0.25) is 0 Å². The number of ether oxygens (including phenoxy) is 2. The normalized spacial score (nSPS) is 10.5. The van der Waals surface area contributed by atoms with Crippen LogP contribution in [0.3, 0.4) is 0 Å². The summed E-state index contributed by atoms with van der Waals surface area (Å²) in [4.78, 5) is 12.6. The number of rotatable bonds is 10. The van der Waals surface area contributed by atoms with E-state index in [1.165, 1.54) is 5.56 Å². The second-order valence-corrected chi connectivity index (χ2v) is 7.77. The van der Waals surface area contributed by atoms with Crippen molar-refractivity contribution in [1.29, 1.82) is 0 Å². The van der Waals surface area contributed by atoms with Gasteiger partial charge in [0.2, 0.25) is 0 Å². The highest BCUT2D eigenvalue weighted by Gasteiger charge is 2.10. The third kappa shape index (κ3) is 6.63. The maximum atomic E-state index is 12.6. The molecule has 5 heteroatoms. The minimum Gasteiger partial charge on any atom is -0.493 e. The van der Waals surface area contributed by atoms with Crippen LogP contribution in [0, 0.1) is 0 Å². The fourth-order valence-electron chi connectivity index (χ4n) is 2.88. The Morgan fingerprint density at radius 2 is 1.77 bits per heavy atom. The number of benzene rings is 3. The van der Waals surface area contributed by atoms with Crippen LogP contribution in [0.15, 0.2) is 77.3 Å². The lowest BCUT2D eigenvalue weighted by atomic mass is 10.2. The number of hydrogen-bond acceptors (Lipinski definition) is 3. The second kappa shape index (κ2) is 11.4. The van der Waals surface area contributed by atoms with Gasteiger partial charge in [0.15, 0.2) is 0 Å². The molecule has 0 radical (unpaired) electrons. The van der Waals surface area contributed by atoms with E-state index < -0.39 is 0 Å². The van der Waals surface area contributed by atoms with E-state index in [2.05, 4.69) is 40.3 Å². The first kappa shape index (κ1) is 21.9. The van der Waals surface area contributed by atoms with Gasteiger partial charge in [0.1, 0.15) is 11.5 Å². The highest BCUT2D eigenvalue weighted by molar-refractivity contribution is 9.10. The molecule has 3 rings (SSSR count). The van der Waals surface area contributed by atoms with Crippen LogP contribution in [0.1, 0.15) is 35.7 Å². The topological polar surface area (TPSA) is 47.6 Å². The lowest BCUT2D eigenvalue weighted by molar-refractivity contribution is 0.102. The van der Waals surface area contributed by atoms with Crippen LogP contribution in [0.5, 0.6) is 11.5 Å². The highest BCUT2D eigenvalue weighted by Crippen LogP contribution is 2.27. The Morgan fingerprint density at radius 3 is 2.53 bits per heavy atom. The molecule has 0 heterocycles. The van der Waals surface area contributed by atoms with E-state index in [0.717, 1.165) is 35.2 Å². The molecule has 0 aliphatic heterocycles. The van der Waals surface area contributed by atoms with Gasteiger partial charge in [-0.15, -0.1) is 0 Å². The molecule has 30 heavy (non-hydrogen) atoms. The van der Waals surface area contributed by atoms with Crippen molar-refractivity contribution in [3.63, 3.8) is 0 Å². The molecule has 3 aromatic rings. The molecule has 0 aromatic heterocycles. The zero-order valence-electron chi connectivity index (χ0n) is 17.1. The molecule has 0 aliphatic carbocycles. The fraction of sp³-hybridized carbons (Fsp3) is 0.240. The molecule has 0 saturated carbocycles. The Kier molecular flexibility index (Phi) is 8.33. The van der Waals surface area contributed by atoms with E-state index in [1.54, 1.807) is 12.1 Å². The molecule has 0 saturated heterocycles. The van der Waals surface area contributed by atoms with Crippen molar-refractivity contribution in [3.8, 4) is 11.5 Å². The van der Waals surface area contributed by atoms with Crippen molar-refractivity contribution in [3.05, 3.63) is 88.4 Å². The van der Waals surface area contributed by atoms with Crippen LogP contribution in [-0.4, -0.2) is 19.1 Å². The van der Waals surface area contributed by atoms with Crippen LogP contribution < -0.4 is 14.8 Å². The van der Waals surface area contributed by atoms with Crippen molar-refractivity contribution < 1.29 is 14.3 Å². The number of carbonyl (C=O) groups is 1. The summed E-state index contributed by atoms with van der Waals surface area (Å²) in [5.74, 6) is 1.29. The Balaban J connectivity index is 1.56. The Labute approximate surface area is 186 Å². The summed E-state index contributed by atoms with van der Waals surface area (Å²) in [7, 11) is 0. The van der Waals surface area contributed by atoms with Gasteiger partial charge in [-0.1, -0.05) is 49.7 Å². The van der Waals surface area contributed by atoms with Gasteiger partial charge in [0.05, 0.1) is 17.7 Å². The van der Waals surface area contributed by atoms with E-state index in [9.17, 15) is 4.79 Å². The number of unbranched alkanes of at least 4 members (excludes halogenated alkanes) is 1. The molecule has 1 amide bonds. The van der Waals surface area contributed by atoms with E-state index in [0.29, 0.717) is 24.5 Å². The molecule has 0 aliphatic rings. The molecule has 3 aromatic carbocycles. The van der Waals surface area contributed by atoms with E-state index in [-0.39, 0.29) is 5.91 Å². The van der Waals surface area contributed by atoms with Crippen LogP contribution in [-0.2, 0) is 6.42 Å². The Bertz CT molecular complexity index is 960. The summed E-state index contributed by atoms with van der Waals surface area (Å²) in [6, 6.07) is 23.0. The SMILES string of the molecule is CCCCOc1ccc(C(=O)Nc2cccc(OCCc3ccccc3)c2)cc1Br. The van der Waals surface area contributed by atoms with Gasteiger partial charge in [-0.05, 0) is 58.2 Å². The van der Waals surface area contributed by atoms with Gasteiger partial charge in [-0.2, -0.15) is 0 Å². The minimum atomic E-state index is -0.183. The summed E-state index contributed by atoms with van der Waals surface area (Å²) in [6.07, 6.45) is 2.91. The Hall–Kier alpha value is -2.79. The molecule has 1 N–H and O–H groups in total. The predicted molar refractivity (Wildman–Crippen MR) is 125 cm³/mol. The Morgan fingerprint density at radius 1 is 0.933 bits per heavy atom. The third-order valence-electron chi connectivity index (χ3n) is 4.54. The number of hydrogen-bond donors (Lipinski definition) is 1. The van der Waals surface area contributed by atoms with Crippen molar-refractivity contribution >= 4 is 27.5 Å². The zero-order valence-corrected chi connectivity index (χ0v) is 18.7. The number of amides is 1. The van der Waals surface area contributed by atoms with Crippen molar-refractivity contribution in [2.75, 3.05) is 18.5 Å². The predicted octanol–water partition coefficient (Wildman–Crippen LogP) is 6.50. The molecule has 0 fully saturated rings. The van der Waals surface area contributed by atoms with Gasteiger partial charge in [0.25, 0.3) is 5.91 Å². The first-order valence-electron chi connectivity index (χ1n) is 10.2. The first-order chi connectivity index (χ1) is 14.7. The summed E-state index contributed by atoms with van der Waals surface area (Å²) < 4.78 is 12.3. The van der Waals surface area contributed by atoms with Crippen molar-refractivity contribution in [1.82, 2.24) is 0 Å². The average Bonchev–Trinajstić information content (AvgIpc) is 2.76. The van der Waals surface area contributed by atoms with Gasteiger partial charge in [0, 0.05) is 23.7 Å². The monoisotopic (exact) mass is 467 g/mol. The number of carbonyl (C=O) groups excluding carboxylic acids is 1. The summed E-state index contributed by atoms with van der Waals surface area (Å²) >= 11 is 3.49. The number of anilines is 1. The quantitative estimate of drug-likeness (QED) is 0.346. The van der Waals surface area contributed by atoms with Crippen LogP contribution in [0.4, 0.5) is 5.69 Å². The summed E-state index contributed by atoms with van der Waals surface area (Å²) in [5.41, 5.74) is 2.48. The van der Waals surface area contributed by atoms with E-state index in [1.807, 2.05) is 48.5 Å². The maximum absolute atomic E-state index is 12.6. The smallest absolute Gasteiger partial charge is 0.255 e. The maximum Gasteiger partial charge on any atom is 0.255 e.